The van der Waals surface area contributed by atoms with Crippen molar-refractivity contribution in [3.63, 3.8) is 0 Å². The molecule has 0 radical (unpaired) electrons. The van der Waals surface area contributed by atoms with Gasteiger partial charge >= 0.3 is 0 Å². The minimum atomic E-state index is -2.97. The molecule has 1 aliphatic rings. The maximum absolute atomic E-state index is 11.6. The van der Waals surface area contributed by atoms with E-state index in [0.29, 0.717) is 6.42 Å². The molecular weight excluding hydrogens is 276 g/mol. The van der Waals surface area contributed by atoms with Gasteiger partial charge in [-0.1, -0.05) is 0 Å². The summed E-state index contributed by atoms with van der Waals surface area (Å²) < 4.78 is 27.4. The van der Waals surface area contributed by atoms with Crippen molar-refractivity contribution in [2.75, 3.05) is 11.5 Å². The second-order valence-electron chi connectivity index (χ2n) is 4.00. The minimum absolute atomic E-state index is 0.0454. The minimum Gasteiger partial charge on any atom is -0.459 e. The van der Waals surface area contributed by atoms with Crippen LogP contribution >= 0.6 is 12.2 Å². The van der Waals surface area contributed by atoms with Crippen LogP contribution in [0.5, 0.6) is 0 Å². The van der Waals surface area contributed by atoms with Gasteiger partial charge in [0.2, 0.25) is 0 Å². The lowest BCUT2D eigenvalue weighted by molar-refractivity contribution is 0.0949. The molecule has 1 aliphatic heterocycles. The first-order chi connectivity index (χ1) is 8.46. The highest BCUT2D eigenvalue weighted by Crippen LogP contribution is 2.11. The molecule has 98 valence electrons. The molecule has 0 aromatic carbocycles. The zero-order chi connectivity index (χ0) is 13.2. The van der Waals surface area contributed by atoms with Crippen molar-refractivity contribution in [2.45, 2.75) is 12.5 Å². The van der Waals surface area contributed by atoms with Crippen molar-refractivity contribution in [1.29, 1.82) is 0 Å². The van der Waals surface area contributed by atoms with E-state index in [0.717, 1.165) is 0 Å². The Bertz CT molecular complexity index is 550. The van der Waals surface area contributed by atoms with Crippen molar-refractivity contribution in [3.8, 4) is 0 Å². The van der Waals surface area contributed by atoms with Crippen LogP contribution < -0.4 is 10.6 Å². The zero-order valence-corrected chi connectivity index (χ0v) is 11.0. The van der Waals surface area contributed by atoms with Crippen molar-refractivity contribution >= 4 is 33.1 Å². The highest BCUT2D eigenvalue weighted by atomic mass is 32.2. The maximum Gasteiger partial charge on any atom is 0.293 e. The topological polar surface area (TPSA) is 88.4 Å². The van der Waals surface area contributed by atoms with Gasteiger partial charge in [0, 0.05) is 6.04 Å². The Kier molecular flexibility index (Phi) is 3.67. The third-order valence-corrected chi connectivity index (χ3v) is 4.53. The van der Waals surface area contributed by atoms with E-state index in [1.54, 1.807) is 6.07 Å². The molecule has 18 heavy (non-hydrogen) atoms. The molecule has 0 bridgehead atoms. The van der Waals surface area contributed by atoms with Crippen LogP contribution in [0.15, 0.2) is 22.8 Å². The second kappa shape index (κ2) is 5.07. The van der Waals surface area contributed by atoms with Gasteiger partial charge < -0.3 is 9.73 Å². The number of rotatable bonds is 2. The van der Waals surface area contributed by atoms with Crippen molar-refractivity contribution in [3.05, 3.63) is 24.2 Å². The number of carbonyl (C=O) groups is 1. The zero-order valence-electron chi connectivity index (χ0n) is 9.38. The molecule has 2 rings (SSSR count). The van der Waals surface area contributed by atoms with Crippen LogP contribution in [0.25, 0.3) is 0 Å². The lowest BCUT2D eigenvalue weighted by Gasteiger charge is -2.13. The number of amides is 1. The average molecular weight is 288 g/mol. The Labute approximate surface area is 110 Å². The number of nitrogens with one attached hydrogen (secondary N) is 2. The summed E-state index contributed by atoms with van der Waals surface area (Å²) in [5.74, 6) is -0.111. The van der Waals surface area contributed by atoms with Gasteiger partial charge in [-0.2, -0.15) is 0 Å². The molecule has 2 N–H and O–H groups in total. The van der Waals surface area contributed by atoms with E-state index in [-0.39, 0.29) is 28.4 Å². The van der Waals surface area contributed by atoms with Gasteiger partial charge in [0.15, 0.2) is 20.7 Å². The summed E-state index contributed by atoms with van der Waals surface area (Å²) in [4.78, 5) is 11.6. The first-order valence-electron chi connectivity index (χ1n) is 5.32. The number of thiocarbonyl (C=S) groups is 1. The fraction of sp³-hybridized carbons (Fsp3) is 0.400. The van der Waals surface area contributed by atoms with E-state index < -0.39 is 15.7 Å². The molecule has 1 fully saturated rings. The smallest absolute Gasteiger partial charge is 0.293 e. The maximum atomic E-state index is 11.6. The van der Waals surface area contributed by atoms with Gasteiger partial charge in [0.1, 0.15) is 0 Å². The monoisotopic (exact) mass is 288 g/mol. The van der Waals surface area contributed by atoms with Crippen LogP contribution in [0.3, 0.4) is 0 Å². The van der Waals surface area contributed by atoms with Crippen LogP contribution in [0.2, 0.25) is 0 Å². The normalized spacial score (nSPS) is 21.4. The molecule has 2 heterocycles. The first-order valence-corrected chi connectivity index (χ1v) is 7.55. The van der Waals surface area contributed by atoms with Gasteiger partial charge in [-0.25, -0.2) is 8.42 Å². The predicted octanol–water partition coefficient (Wildman–Crippen LogP) is 0.0710. The molecular formula is C10H12N2O4S2. The first kappa shape index (κ1) is 13.0. The molecule has 0 spiro atoms. The fourth-order valence-corrected chi connectivity index (χ4v) is 3.64. The summed E-state index contributed by atoms with van der Waals surface area (Å²) in [6, 6.07) is 2.87. The molecule has 6 nitrogen and oxygen atoms in total. The lowest BCUT2D eigenvalue weighted by atomic mass is 10.3. The number of sulfone groups is 1. The Morgan fingerprint density at radius 3 is 2.83 bits per heavy atom. The van der Waals surface area contributed by atoms with Crippen molar-refractivity contribution < 1.29 is 17.6 Å². The largest absolute Gasteiger partial charge is 0.459 e. The van der Waals surface area contributed by atoms with Crippen LogP contribution in [0.4, 0.5) is 0 Å². The molecule has 0 aliphatic carbocycles. The average Bonchev–Trinajstić information content (AvgIpc) is 2.87. The van der Waals surface area contributed by atoms with Crippen LogP contribution in [-0.4, -0.2) is 37.0 Å². The van der Waals surface area contributed by atoms with Gasteiger partial charge in [0.05, 0.1) is 17.8 Å². The molecule has 1 aromatic rings. The summed E-state index contributed by atoms with van der Waals surface area (Å²) in [5, 5.41) is 5.35. The second-order valence-corrected chi connectivity index (χ2v) is 6.64. The van der Waals surface area contributed by atoms with E-state index >= 15 is 0 Å². The summed E-state index contributed by atoms with van der Waals surface area (Å²) in [5.41, 5.74) is 0. The Hall–Kier alpha value is -1.41. The molecule has 1 atom stereocenters. The van der Waals surface area contributed by atoms with Crippen LogP contribution in [-0.2, 0) is 9.84 Å². The molecule has 1 aromatic heterocycles. The van der Waals surface area contributed by atoms with Gasteiger partial charge in [-0.3, -0.25) is 10.1 Å². The Morgan fingerprint density at radius 1 is 1.50 bits per heavy atom. The fourth-order valence-electron chi connectivity index (χ4n) is 1.70. The number of hydrogen-bond acceptors (Lipinski definition) is 5. The number of hydrogen-bond donors (Lipinski definition) is 2. The molecule has 8 heteroatoms. The summed E-state index contributed by atoms with van der Waals surface area (Å²) in [7, 11) is -2.97. The van der Waals surface area contributed by atoms with E-state index in [1.165, 1.54) is 12.3 Å². The molecule has 1 saturated heterocycles. The highest BCUT2D eigenvalue weighted by Gasteiger charge is 2.28. The predicted molar refractivity (Wildman–Crippen MR) is 69.0 cm³/mol. The van der Waals surface area contributed by atoms with Gasteiger partial charge in [-0.15, -0.1) is 0 Å². The van der Waals surface area contributed by atoms with Crippen LogP contribution in [0.1, 0.15) is 17.0 Å². The van der Waals surface area contributed by atoms with Gasteiger partial charge in [-0.05, 0) is 30.8 Å². The molecule has 1 unspecified atom stereocenters. The third-order valence-electron chi connectivity index (χ3n) is 2.54. The Balaban J connectivity index is 1.85. The van der Waals surface area contributed by atoms with E-state index in [1.807, 2.05) is 0 Å². The van der Waals surface area contributed by atoms with Crippen molar-refractivity contribution in [1.82, 2.24) is 10.6 Å². The lowest BCUT2D eigenvalue weighted by Crippen LogP contribution is -2.44. The third kappa shape index (κ3) is 3.30. The highest BCUT2D eigenvalue weighted by molar-refractivity contribution is 7.91. The SMILES string of the molecule is O=C(NC(=S)NC1CCS(=O)(=O)C1)c1ccco1. The molecule has 1 amide bonds. The summed E-state index contributed by atoms with van der Waals surface area (Å²) in [6.07, 6.45) is 1.88. The standard InChI is InChI=1S/C10H12N2O4S2/c13-9(8-2-1-4-16-8)12-10(17)11-7-3-5-18(14,15)6-7/h1-2,4,7H,3,5-6H2,(H2,11,12,13,17). The molecule has 0 saturated carbocycles. The van der Waals surface area contributed by atoms with Crippen molar-refractivity contribution in [2.24, 2.45) is 0 Å². The van der Waals surface area contributed by atoms with E-state index in [9.17, 15) is 13.2 Å². The van der Waals surface area contributed by atoms with Crippen LogP contribution in [0, 0.1) is 0 Å². The summed E-state index contributed by atoms with van der Waals surface area (Å²) >= 11 is 4.94. The van der Waals surface area contributed by atoms with Gasteiger partial charge in [0.25, 0.3) is 5.91 Å². The Morgan fingerprint density at radius 2 is 2.28 bits per heavy atom. The number of carbonyl (C=O) groups excluding carboxylic acids is 1. The van der Waals surface area contributed by atoms with E-state index in [4.69, 9.17) is 16.6 Å². The number of furan rings is 1. The summed E-state index contributed by atoms with van der Waals surface area (Å²) in [6.45, 7) is 0. The quantitative estimate of drug-likeness (QED) is 0.749. The van der Waals surface area contributed by atoms with E-state index in [2.05, 4.69) is 10.6 Å².